The van der Waals surface area contributed by atoms with Crippen molar-refractivity contribution in [1.29, 1.82) is 0 Å². The molecule has 0 aliphatic carbocycles. The Kier molecular flexibility index (Phi) is 4.96. The van der Waals surface area contributed by atoms with E-state index in [0.29, 0.717) is 25.2 Å². The Morgan fingerprint density at radius 2 is 1.81 bits per heavy atom. The molecule has 0 bridgehead atoms. The predicted molar refractivity (Wildman–Crippen MR) is 102 cm³/mol. The highest BCUT2D eigenvalue weighted by atomic mass is 16.6. The third-order valence-electron chi connectivity index (χ3n) is 4.43. The number of carbonyl (C=O) groups is 1. The molecule has 1 amide bonds. The van der Waals surface area contributed by atoms with Gasteiger partial charge in [0.05, 0.1) is 12.7 Å². The van der Waals surface area contributed by atoms with E-state index in [1.54, 1.807) is 6.20 Å². The Labute approximate surface area is 157 Å². The number of hydrogen-bond donors (Lipinski definition) is 1. The smallest absolute Gasteiger partial charge is 0.269 e. The van der Waals surface area contributed by atoms with Crippen molar-refractivity contribution < 1.29 is 9.63 Å². The summed E-state index contributed by atoms with van der Waals surface area (Å²) in [5.74, 6) is -0.204. The summed E-state index contributed by atoms with van der Waals surface area (Å²) >= 11 is 0. The lowest BCUT2D eigenvalue weighted by atomic mass is 10.0. The number of hydrogen-bond acceptors (Lipinski definition) is 4. The molecular weight excluding hydrogens is 340 g/mol. The van der Waals surface area contributed by atoms with Gasteiger partial charge in [0.1, 0.15) is 5.71 Å². The van der Waals surface area contributed by atoms with Crippen molar-refractivity contribution in [3.8, 4) is 0 Å². The molecule has 0 saturated heterocycles. The average Bonchev–Trinajstić information content (AvgIpc) is 3.37. The van der Waals surface area contributed by atoms with Crippen molar-refractivity contribution in [1.82, 2.24) is 15.1 Å². The van der Waals surface area contributed by atoms with Crippen LogP contribution in [0.15, 0.2) is 78.2 Å². The van der Waals surface area contributed by atoms with Gasteiger partial charge in [-0.3, -0.25) is 9.48 Å². The Morgan fingerprint density at radius 3 is 2.59 bits per heavy atom. The summed E-state index contributed by atoms with van der Waals surface area (Å²) in [7, 11) is 0. The number of nitrogens with one attached hydrogen (secondary N) is 1. The molecule has 2 heterocycles. The van der Waals surface area contributed by atoms with Gasteiger partial charge in [-0.1, -0.05) is 65.8 Å². The van der Waals surface area contributed by atoms with Gasteiger partial charge in [0, 0.05) is 24.7 Å². The molecule has 27 heavy (non-hydrogen) atoms. The Hall–Kier alpha value is -3.41. The minimum absolute atomic E-state index is 0.194. The van der Waals surface area contributed by atoms with E-state index in [4.69, 9.17) is 4.84 Å². The fraction of sp³-hybridized carbons (Fsp3) is 0.190. The molecule has 136 valence electrons. The summed E-state index contributed by atoms with van der Waals surface area (Å²) in [5, 5.41) is 11.2. The van der Waals surface area contributed by atoms with Gasteiger partial charge in [0.2, 0.25) is 0 Å². The molecule has 3 aromatic rings. The zero-order valence-corrected chi connectivity index (χ0v) is 14.8. The van der Waals surface area contributed by atoms with Gasteiger partial charge in [0.25, 0.3) is 5.91 Å². The van der Waals surface area contributed by atoms with Gasteiger partial charge >= 0.3 is 0 Å². The third-order valence-corrected chi connectivity index (χ3v) is 4.43. The molecule has 6 nitrogen and oxygen atoms in total. The van der Waals surface area contributed by atoms with E-state index in [2.05, 4.69) is 27.7 Å². The molecule has 0 saturated carbocycles. The number of aromatic nitrogens is 2. The first-order valence-electron chi connectivity index (χ1n) is 8.89. The van der Waals surface area contributed by atoms with Gasteiger partial charge in [-0.25, -0.2) is 0 Å². The van der Waals surface area contributed by atoms with Crippen molar-refractivity contribution in [2.75, 3.05) is 0 Å². The van der Waals surface area contributed by atoms with E-state index >= 15 is 0 Å². The van der Waals surface area contributed by atoms with Crippen molar-refractivity contribution in [3.63, 3.8) is 0 Å². The molecule has 1 aliphatic heterocycles. The van der Waals surface area contributed by atoms with Gasteiger partial charge in [-0.15, -0.1) is 0 Å². The predicted octanol–water partition coefficient (Wildman–Crippen LogP) is 3.07. The van der Waals surface area contributed by atoms with E-state index in [1.807, 2.05) is 59.4 Å². The summed E-state index contributed by atoms with van der Waals surface area (Å²) in [5.41, 5.74) is 3.56. The van der Waals surface area contributed by atoms with Crippen LogP contribution in [0.25, 0.3) is 0 Å². The molecule has 1 aliphatic rings. The van der Waals surface area contributed by atoms with Crippen LogP contribution >= 0.6 is 0 Å². The van der Waals surface area contributed by atoms with E-state index in [-0.39, 0.29) is 12.0 Å². The summed E-state index contributed by atoms with van der Waals surface area (Å²) in [6, 6.07) is 19.9. The summed E-state index contributed by atoms with van der Waals surface area (Å²) in [4.78, 5) is 17.8. The van der Waals surface area contributed by atoms with Crippen molar-refractivity contribution >= 4 is 11.6 Å². The quantitative estimate of drug-likeness (QED) is 0.734. The molecule has 6 heteroatoms. The van der Waals surface area contributed by atoms with E-state index in [0.717, 1.165) is 11.1 Å². The highest BCUT2D eigenvalue weighted by Gasteiger charge is 2.27. The molecular formula is C21H20N4O2. The highest BCUT2D eigenvalue weighted by Crippen LogP contribution is 2.26. The molecule has 4 rings (SSSR count). The fourth-order valence-electron chi connectivity index (χ4n) is 3.00. The molecule has 0 radical (unpaired) electrons. The van der Waals surface area contributed by atoms with Gasteiger partial charge in [0.15, 0.2) is 6.10 Å². The van der Waals surface area contributed by atoms with Crippen molar-refractivity contribution in [2.24, 2.45) is 5.16 Å². The second kappa shape index (κ2) is 7.86. The fourth-order valence-corrected chi connectivity index (χ4v) is 3.00. The Balaban J connectivity index is 1.29. The molecule has 2 aromatic carbocycles. The number of nitrogens with zero attached hydrogens (tertiary/aromatic N) is 3. The maximum atomic E-state index is 12.3. The third kappa shape index (κ3) is 4.23. The number of carbonyl (C=O) groups excluding carboxylic acids is 1. The number of benzene rings is 2. The maximum absolute atomic E-state index is 12.3. The van der Waals surface area contributed by atoms with Crippen LogP contribution in [0.2, 0.25) is 0 Å². The van der Waals surface area contributed by atoms with E-state index < -0.39 is 0 Å². The van der Waals surface area contributed by atoms with E-state index in [1.165, 1.54) is 5.56 Å². The molecule has 1 unspecified atom stereocenters. The van der Waals surface area contributed by atoms with Crippen LogP contribution in [0.5, 0.6) is 0 Å². The number of rotatable bonds is 6. The zero-order chi connectivity index (χ0) is 18.5. The summed E-state index contributed by atoms with van der Waals surface area (Å²) in [6.07, 6.45) is 3.99. The first-order valence-corrected chi connectivity index (χ1v) is 8.89. The lowest BCUT2D eigenvalue weighted by molar-refractivity contribution is -0.115. The van der Waals surface area contributed by atoms with Crippen LogP contribution in [0.4, 0.5) is 0 Å². The minimum atomic E-state index is -0.204. The largest absolute Gasteiger partial charge is 0.387 e. The first-order chi connectivity index (χ1) is 13.3. The number of oxime groups is 1. The van der Waals surface area contributed by atoms with Gasteiger partial charge in [-0.2, -0.15) is 5.10 Å². The van der Waals surface area contributed by atoms with Crippen LogP contribution in [0.3, 0.4) is 0 Å². The molecule has 0 fully saturated rings. The summed E-state index contributed by atoms with van der Waals surface area (Å²) in [6.45, 7) is 1.11. The zero-order valence-electron chi connectivity index (χ0n) is 14.8. The molecule has 1 N–H and O–H groups in total. The minimum Gasteiger partial charge on any atom is -0.387 e. The molecule has 1 atom stereocenters. The SMILES string of the molecule is O=C(NCc1cnn(Cc2ccccc2)c1)C1=NOC(c2ccccc2)C1. The van der Waals surface area contributed by atoms with Crippen LogP contribution in [-0.2, 0) is 22.7 Å². The van der Waals surface area contributed by atoms with Crippen LogP contribution in [0.1, 0.15) is 29.2 Å². The average molecular weight is 360 g/mol. The standard InChI is InChI=1S/C21H20N4O2/c26-21(19-11-20(27-24-19)18-9-5-2-6-10-18)22-12-17-13-23-25(15-17)14-16-7-3-1-4-8-16/h1-10,13,15,20H,11-12,14H2,(H,22,26). The first kappa shape index (κ1) is 17.0. The van der Waals surface area contributed by atoms with Gasteiger partial charge < -0.3 is 10.2 Å². The second-order valence-electron chi connectivity index (χ2n) is 6.46. The van der Waals surface area contributed by atoms with Crippen LogP contribution < -0.4 is 5.32 Å². The van der Waals surface area contributed by atoms with Crippen LogP contribution in [0, 0.1) is 0 Å². The molecule has 1 aromatic heterocycles. The Bertz CT molecular complexity index is 935. The summed E-state index contributed by atoms with van der Waals surface area (Å²) < 4.78 is 1.86. The van der Waals surface area contributed by atoms with Crippen LogP contribution in [-0.4, -0.2) is 21.4 Å². The normalized spacial score (nSPS) is 15.9. The van der Waals surface area contributed by atoms with Gasteiger partial charge in [-0.05, 0) is 11.1 Å². The molecule has 0 spiro atoms. The lowest BCUT2D eigenvalue weighted by Gasteiger charge is -2.07. The Morgan fingerprint density at radius 1 is 1.07 bits per heavy atom. The lowest BCUT2D eigenvalue weighted by Crippen LogP contribution is -2.29. The van der Waals surface area contributed by atoms with Crippen molar-refractivity contribution in [3.05, 3.63) is 89.7 Å². The topological polar surface area (TPSA) is 68.5 Å². The van der Waals surface area contributed by atoms with E-state index in [9.17, 15) is 4.79 Å². The maximum Gasteiger partial charge on any atom is 0.269 e. The monoisotopic (exact) mass is 360 g/mol. The number of amides is 1. The second-order valence-corrected chi connectivity index (χ2v) is 6.46. The van der Waals surface area contributed by atoms with Crippen molar-refractivity contribution in [2.45, 2.75) is 25.6 Å². The highest BCUT2D eigenvalue weighted by molar-refractivity contribution is 6.39.